The number of carbonyl (C=O) groups is 1. The molecule has 0 unspecified atom stereocenters. The van der Waals surface area contributed by atoms with E-state index in [1.807, 2.05) is 13.0 Å². The van der Waals surface area contributed by atoms with E-state index in [0.717, 1.165) is 75.0 Å². The Hall–Kier alpha value is -2.51. The first-order valence-corrected chi connectivity index (χ1v) is 11.8. The van der Waals surface area contributed by atoms with E-state index in [0.29, 0.717) is 18.4 Å². The molecule has 0 N–H and O–H groups in total. The molecule has 1 fully saturated rings. The number of fused-ring (bicyclic) bond motifs is 1. The highest BCUT2D eigenvalue weighted by molar-refractivity contribution is 5.69. The summed E-state index contributed by atoms with van der Waals surface area (Å²) in [5, 5.41) is 0. The highest BCUT2D eigenvalue weighted by Gasteiger charge is 2.35. The highest BCUT2D eigenvalue weighted by Crippen LogP contribution is 2.36. The zero-order valence-electron chi connectivity index (χ0n) is 20.3. The van der Waals surface area contributed by atoms with Crippen LogP contribution in [0.3, 0.4) is 0 Å². The molecule has 0 bridgehead atoms. The average molecular weight is 457 g/mol. The average Bonchev–Trinajstić information content (AvgIpc) is 3.25. The van der Waals surface area contributed by atoms with Crippen LogP contribution < -0.4 is 9.47 Å². The maximum absolute atomic E-state index is 11.9. The van der Waals surface area contributed by atoms with Gasteiger partial charge in [0, 0.05) is 38.6 Å². The summed E-state index contributed by atoms with van der Waals surface area (Å²) in [6.45, 7) is 6.68. The smallest absolute Gasteiger partial charge is 0.305 e. The predicted octanol–water partition coefficient (Wildman–Crippen LogP) is 3.81. The Morgan fingerprint density at radius 2 is 1.85 bits per heavy atom. The first-order chi connectivity index (χ1) is 16.0. The number of nitrogens with zero attached hydrogens (tertiary/aromatic N) is 2. The molecular formula is C26H36N2O5. The Kier molecular flexibility index (Phi) is 7.60. The van der Waals surface area contributed by atoms with E-state index in [2.05, 4.69) is 28.0 Å². The van der Waals surface area contributed by atoms with E-state index in [1.54, 1.807) is 14.2 Å². The van der Waals surface area contributed by atoms with Crippen molar-refractivity contribution < 1.29 is 23.4 Å². The van der Waals surface area contributed by atoms with Gasteiger partial charge in [-0.15, -0.1) is 0 Å². The molecular weight excluding hydrogens is 420 g/mol. The van der Waals surface area contributed by atoms with Crippen LogP contribution >= 0.6 is 0 Å². The number of carbonyl (C=O) groups excluding carboxylic acids is 1. The number of ether oxygens (including phenoxy) is 3. The van der Waals surface area contributed by atoms with Crippen molar-refractivity contribution >= 4 is 5.97 Å². The van der Waals surface area contributed by atoms with Gasteiger partial charge in [-0.25, -0.2) is 0 Å². The molecule has 2 aliphatic rings. The third kappa shape index (κ3) is 5.53. The fourth-order valence-corrected chi connectivity index (χ4v) is 5.39. The minimum Gasteiger partial charge on any atom is -0.493 e. The molecule has 0 radical (unpaired) electrons. The summed E-state index contributed by atoms with van der Waals surface area (Å²) in [6, 6.07) is 8.76. The standard InChI is InChI=1S/C26H36N2O5/c1-18-5-7-22(33-18)17-27-11-10-23(20(15-27)6-8-26(29)32-4)28-12-9-19-13-24(30-2)25(31-3)14-21(19)16-28/h5,7,13-14,20,23H,6,8-12,15-17H2,1-4H3/t20-,23+/m1/s1. The van der Waals surface area contributed by atoms with E-state index in [-0.39, 0.29) is 5.97 Å². The minimum atomic E-state index is -0.131. The van der Waals surface area contributed by atoms with Gasteiger partial charge in [0.05, 0.1) is 27.9 Å². The third-order valence-corrected chi connectivity index (χ3v) is 7.12. The molecule has 7 heteroatoms. The van der Waals surface area contributed by atoms with Crippen molar-refractivity contribution in [3.63, 3.8) is 0 Å². The molecule has 0 aliphatic carbocycles. The van der Waals surface area contributed by atoms with Crippen LogP contribution in [-0.4, -0.2) is 62.8 Å². The second-order valence-electron chi connectivity index (χ2n) is 9.17. The number of esters is 1. The number of aryl methyl sites for hydroxylation is 1. The van der Waals surface area contributed by atoms with Crippen LogP contribution in [0.25, 0.3) is 0 Å². The number of methoxy groups -OCH3 is 3. The summed E-state index contributed by atoms with van der Waals surface area (Å²) in [4.78, 5) is 17.0. The molecule has 1 aromatic heterocycles. The highest BCUT2D eigenvalue weighted by atomic mass is 16.5. The van der Waals surface area contributed by atoms with Crippen LogP contribution in [0.2, 0.25) is 0 Å². The Labute approximate surface area is 196 Å². The van der Waals surface area contributed by atoms with Gasteiger partial charge in [-0.2, -0.15) is 0 Å². The number of benzene rings is 1. The van der Waals surface area contributed by atoms with Crippen molar-refractivity contribution in [2.75, 3.05) is 41.0 Å². The van der Waals surface area contributed by atoms with Gasteiger partial charge < -0.3 is 18.6 Å². The van der Waals surface area contributed by atoms with Gasteiger partial charge in [0.1, 0.15) is 11.5 Å². The third-order valence-electron chi connectivity index (χ3n) is 7.12. The maximum Gasteiger partial charge on any atom is 0.305 e. The summed E-state index contributed by atoms with van der Waals surface area (Å²) in [7, 11) is 4.84. The second-order valence-corrected chi connectivity index (χ2v) is 9.17. The fraction of sp³-hybridized carbons (Fsp3) is 0.577. The molecule has 0 spiro atoms. The van der Waals surface area contributed by atoms with Gasteiger partial charge in [-0.3, -0.25) is 14.6 Å². The lowest BCUT2D eigenvalue weighted by Gasteiger charge is -2.45. The molecule has 2 atom stereocenters. The van der Waals surface area contributed by atoms with E-state index in [9.17, 15) is 4.79 Å². The number of furan rings is 1. The lowest BCUT2D eigenvalue weighted by atomic mass is 9.85. The number of hydrogen-bond donors (Lipinski definition) is 0. The molecule has 0 saturated carbocycles. The van der Waals surface area contributed by atoms with Gasteiger partial charge in [0.15, 0.2) is 11.5 Å². The van der Waals surface area contributed by atoms with Crippen LogP contribution in [0.4, 0.5) is 0 Å². The van der Waals surface area contributed by atoms with Crippen molar-refractivity contribution in [1.29, 1.82) is 0 Å². The Bertz CT molecular complexity index is 956. The van der Waals surface area contributed by atoms with Gasteiger partial charge >= 0.3 is 5.97 Å². The maximum atomic E-state index is 11.9. The predicted molar refractivity (Wildman–Crippen MR) is 126 cm³/mol. The fourth-order valence-electron chi connectivity index (χ4n) is 5.39. The molecule has 1 aromatic carbocycles. The van der Waals surface area contributed by atoms with E-state index < -0.39 is 0 Å². The zero-order valence-corrected chi connectivity index (χ0v) is 20.3. The summed E-state index contributed by atoms with van der Waals surface area (Å²) in [5.41, 5.74) is 2.64. The Morgan fingerprint density at radius 3 is 2.52 bits per heavy atom. The minimum absolute atomic E-state index is 0.131. The topological polar surface area (TPSA) is 64.4 Å². The molecule has 3 heterocycles. The van der Waals surface area contributed by atoms with Crippen molar-refractivity contribution in [3.05, 3.63) is 46.9 Å². The lowest BCUT2D eigenvalue weighted by Crippen LogP contribution is -2.52. The number of piperidine rings is 1. The summed E-state index contributed by atoms with van der Waals surface area (Å²) in [6.07, 6.45) is 3.36. The molecule has 4 rings (SSSR count). The molecule has 2 aliphatic heterocycles. The van der Waals surface area contributed by atoms with Crippen molar-refractivity contribution in [2.45, 2.75) is 51.7 Å². The lowest BCUT2D eigenvalue weighted by molar-refractivity contribution is -0.141. The monoisotopic (exact) mass is 456 g/mol. The molecule has 1 saturated heterocycles. The van der Waals surface area contributed by atoms with Crippen molar-refractivity contribution in [2.24, 2.45) is 5.92 Å². The Balaban J connectivity index is 1.48. The van der Waals surface area contributed by atoms with E-state index >= 15 is 0 Å². The first kappa shape index (κ1) is 23.6. The van der Waals surface area contributed by atoms with Crippen molar-refractivity contribution in [1.82, 2.24) is 9.80 Å². The van der Waals surface area contributed by atoms with Crippen LogP contribution in [0.5, 0.6) is 11.5 Å². The Morgan fingerprint density at radius 1 is 1.09 bits per heavy atom. The first-order valence-electron chi connectivity index (χ1n) is 11.8. The summed E-state index contributed by atoms with van der Waals surface area (Å²) in [5.74, 6) is 3.79. The van der Waals surface area contributed by atoms with Crippen LogP contribution in [-0.2, 0) is 29.0 Å². The van der Waals surface area contributed by atoms with Crippen molar-refractivity contribution in [3.8, 4) is 11.5 Å². The zero-order chi connectivity index (χ0) is 23.4. The van der Waals surface area contributed by atoms with Gasteiger partial charge in [-0.05, 0) is 67.5 Å². The van der Waals surface area contributed by atoms with E-state index in [4.69, 9.17) is 18.6 Å². The van der Waals surface area contributed by atoms with Crippen LogP contribution in [0.15, 0.2) is 28.7 Å². The molecule has 33 heavy (non-hydrogen) atoms. The van der Waals surface area contributed by atoms with Gasteiger partial charge in [0.25, 0.3) is 0 Å². The van der Waals surface area contributed by atoms with Crippen LogP contribution in [0.1, 0.15) is 41.9 Å². The van der Waals surface area contributed by atoms with Crippen LogP contribution in [0, 0.1) is 12.8 Å². The molecule has 180 valence electrons. The molecule has 2 aromatic rings. The quantitative estimate of drug-likeness (QED) is 0.560. The number of hydrogen-bond acceptors (Lipinski definition) is 7. The SMILES string of the molecule is COC(=O)CC[C@@H]1CN(Cc2ccc(C)o2)CC[C@@H]1N1CCc2cc(OC)c(OC)cc2C1. The normalized spacial score (nSPS) is 21.5. The number of rotatable bonds is 8. The summed E-state index contributed by atoms with van der Waals surface area (Å²) >= 11 is 0. The van der Waals surface area contributed by atoms with E-state index in [1.165, 1.54) is 18.2 Å². The largest absolute Gasteiger partial charge is 0.493 e. The second kappa shape index (κ2) is 10.6. The molecule has 7 nitrogen and oxygen atoms in total. The van der Waals surface area contributed by atoms with Gasteiger partial charge in [0.2, 0.25) is 0 Å². The summed E-state index contributed by atoms with van der Waals surface area (Å²) < 4.78 is 21.8. The molecule has 0 amide bonds. The number of likely N-dealkylation sites (tertiary alicyclic amines) is 1. The van der Waals surface area contributed by atoms with Gasteiger partial charge in [-0.1, -0.05) is 0 Å².